The molecule has 0 saturated carbocycles. The maximum atomic E-state index is 12.9. The predicted octanol–water partition coefficient (Wildman–Crippen LogP) is 1.50. The van der Waals surface area contributed by atoms with Crippen molar-refractivity contribution in [1.29, 1.82) is 0 Å². The summed E-state index contributed by atoms with van der Waals surface area (Å²) in [6, 6.07) is 7.25. The van der Waals surface area contributed by atoms with Gasteiger partial charge in [-0.15, -0.1) is 0 Å². The number of likely N-dealkylation sites (tertiary alicyclic amines) is 1. The maximum absolute atomic E-state index is 12.9. The molecule has 0 spiro atoms. The number of rotatable bonds is 5. The molecular formula is C18H23N5O2. The van der Waals surface area contributed by atoms with Crippen molar-refractivity contribution in [2.45, 2.75) is 39.3 Å². The average molecular weight is 341 g/mol. The first-order valence-corrected chi connectivity index (χ1v) is 8.66. The van der Waals surface area contributed by atoms with Gasteiger partial charge >= 0.3 is 0 Å². The van der Waals surface area contributed by atoms with E-state index < -0.39 is 0 Å². The van der Waals surface area contributed by atoms with E-state index in [1.165, 1.54) is 17.2 Å². The van der Waals surface area contributed by atoms with E-state index in [0.717, 1.165) is 25.9 Å². The molecule has 0 atom stereocenters. The number of piperidine rings is 1. The van der Waals surface area contributed by atoms with Crippen LogP contribution in [0.15, 0.2) is 34.2 Å². The largest absolute Gasteiger partial charge is 0.296 e. The summed E-state index contributed by atoms with van der Waals surface area (Å²) in [4.78, 5) is 31.9. The highest BCUT2D eigenvalue weighted by Crippen LogP contribution is 2.14. The fourth-order valence-electron chi connectivity index (χ4n) is 3.13. The van der Waals surface area contributed by atoms with Crippen LogP contribution in [0.3, 0.4) is 0 Å². The Hall–Kier alpha value is -2.54. The summed E-state index contributed by atoms with van der Waals surface area (Å²) in [7, 11) is 0. The number of nitrogens with one attached hydrogen (secondary N) is 1. The van der Waals surface area contributed by atoms with E-state index in [0.29, 0.717) is 23.3 Å². The first-order valence-electron chi connectivity index (χ1n) is 8.66. The maximum Gasteiger partial charge on any atom is 0.261 e. The number of hydrogen-bond acceptors (Lipinski definition) is 5. The molecule has 132 valence electrons. The van der Waals surface area contributed by atoms with Crippen LogP contribution in [-0.2, 0) is 17.9 Å². The molecule has 7 heteroatoms. The number of amides is 1. The van der Waals surface area contributed by atoms with E-state index in [1.807, 2.05) is 18.2 Å². The SMILES string of the molecule is CC=NNC(=O)Cn1c(CN2CCCCC2)nc2ccccc2c1=O. The molecule has 1 aromatic heterocycles. The minimum atomic E-state index is -0.336. The van der Waals surface area contributed by atoms with E-state index in [1.54, 1.807) is 13.0 Å². The quantitative estimate of drug-likeness (QED) is 0.660. The van der Waals surface area contributed by atoms with Gasteiger partial charge in [-0.2, -0.15) is 5.10 Å². The Morgan fingerprint density at radius 1 is 1.28 bits per heavy atom. The molecule has 2 aromatic rings. The molecule has 1 N–H and O–H groups in total. The summed E-state index contributed by atoms with van der Waals surface area (Å²) in [6.07, 6.45) is 5.05. The topological polar surface area (TPSA) is 79.6 Å². The number of hydrazone groups is 1. The van der Waals surface area contributed by atoms with Crippen LogP contribution >= 0.6 is 0 Å². The Morgan fingerprint density at radius 3 is 2.80 bits per heavy atom. The number of carbonyl (C=O) groups excluding carboxylic acids is 1. The second-order valence-corrected chi connectivity index (χ2v) is 6.20. The van der Waals surface area contributed by atoms with E-state index in [9.17, 15) is 9.59 Å². The summed E-state index contributed by atoms with van der Waals surface area (Å²) < 4.78 is 1.47. The third kappa shape index (κ3) is 4.11. The molecule has 25 heavy (non-hydrogen) atoms. The zero-order valence-electron chi connectivity index (χ0n) is 14.4. The van der Waals surface area contributed by atoms with Gasteiger partial charge in [0.25, 0.3) is 11.5 Å². The summed E-state index contributed by atoms with van der Waals surface area (Å²) in [5, 5.41) is 4.26. The Morgan fingerprint density at radius 2 is 2.04 bits per heavy atom. The number of benzene rings is 1. The lowest BCUT2D eigenvalue weighted by atomic mass is 10.1. The molecule has 1 aliphatic rings. The van der Waals surface area contributed by atoms with Crippen molar-refractivity contribution in [3.63, 3.8) is 0 Å². The van der Waals surface area contributed by atoms with Crippen LogP contribution in [0.25, 0.3) is 10.9 Å². The summed E-state index contributed by atoms with van der Waals surface area (Å²) in [6.45, 7) is 4.19. The zero-order valence-corrected chi connectivity index (χ0v) is 14.4. The Labute approximate surface area is 146 Å². The molecule has 7 nitrogen and oxygen atoms in total. The summed E-state index contributed by atoms with van der Waals surface area (Å²) in [5.41, 5.74) is 2.90. The molecule has 0 aliphatic carbocycles. The molecule has 1 fully saturated rings. The van der Waals surface area contributed by atoms with E-state index in [4.69, 9.17) is 0 Å². The van der Waals surface area contributed by atoms with Gasteiger partial charge in [-0.3, -0.25) is 19.1 Å². The number of hydrogen-bond donors (Lipinski definition) is 1. The van der Waals surface area contributed by atoms with Crippen molar-refractivity contribution in [3.8, 4) is 0 Å². The van der Waals surface area contributed by atoms with Gasteiger partial charge in [0.2, 0.25) is 0 Å². The fourth-order valence-corrected chi connectivity index (χ4v) is 3.13. The average Bonchev–Trinajstić information content (AvgIpc) is 2.64. The zero-order chi connectivity index (χ0) is 17.6. The highest BCUT2D eigenvalue weighted by Gasteiger charge is 2.17. The molecule has 2 heterocycles. The molecule has 1 saturated heterocycles. The second kappa shape index (κ2) is 8.02. The fraction of sp³-hybridized carbons (Fsp3) is 0.444. The van der Waals surface area contributed by atoms with Crippen LogP contribution in [0.4, 0.5) is 0 Å². The summed E-state index contributed by atoms with van der Waals surface area (Å²) in [5.74, 6) is 0.290. The lowest BCUT2D eigenvalue weighted by molar-refractivity contribution is -0.121. The van der Waals surface area contributed by atoms with Gasteiger partial charge in [-0.25, -0.2) is 10.4 Å². The van der Waals surface area contributed by atoms with Gasteiger partial charge in [0.1, 0.15) is 12.4 Å². The molecule has 0 unspecified atom stereocenters. The summed E-state index contributed by atoms with van der Waals surface area (Å²) >= 11 is 0. The molecule has 1 aliphatic heterocycles. The Kier molecular flexibility index (Phi) is 5.55. The second-order valence-electron chi connectivity index (χ2n) is 6.20. The third-order valence-corrected chi connectivity index (χ3v) is 4.37. The first kappa shape index (κ1) is 17.3. The van der Waals surface area contributed by atoms with E-state index in [2.05, 4.69) is 20.4 Å². The van der Waals surface area contributed by atoms with Crippen molar-refractivity contribution in [3.05, 3.63) is 40.4 Å². The first-order chi connectivity index (χ1) is 12.2. The van der Waals surface area contributed by atoms with Crippen LogP contribution < -0.4 is 11.0 Å². The van der Waals surface area contributed by atoms with E-state index >= 15 is 0 Å². The van der Waals surface area contributed by atoms with Crippen molar-refractivity contribution < 1.29 is 4.79 Å². The van der Waals surface area contributed by atoms with Crippen LogP contribution in [-0.4, -0.2) is 39.7 Å². The number of fused-ring (bicyclic) bond motifs is 1. The Bertz CT molecular complexity index is 837. The lowest BCUT2D eigenvalue weighted by Gasteiger charge is -2.27. The van der Waals surface area contributed by atoms with Gasteiger partial charge in [0, 0.05) is 6.21 Å². The van der Waals surface area contributed by atoms with Crippen molar-refractivity contribution >= 4 is 23.0 Å². The molecule has 1 amide bonds. The number of para-hydroxylation sites is 1. The van der Waals surface area contributed by atoms with Crippen LogP contribution in [0.2, 0.25) is 0 Å². The standard InChI is InChI=1S/C18H23N5O2/c1-2-19-21-17(24)13-23-16(12-22-10-6-3-7-11-22)20-15-9-5-4-8-14(15)18(23)25/h2,4-5,8-9H,3,6-7,10-13H2,1H3,(H,21,24). The van der Waals surface area contributed by atoms with Crippen LogP contribution in [0, 0.1) is 0 Å². The van der Waals surface area contributed by atoms with Gasteiger partial charge in [-0.1, -0.05) is 18.6 Å². The third-order valence-electron chi connectivity index (χ3n) is 4.37. The van der Waals surface area contributed by atoms with Gasteiger partial charge in [-0.05, 0) is 45.0 Å². The van der Waals surface area contributed by atoms with Gasteiger partial charge in [0.05, 0.1) is 17.4 Å². The van der Waals surface area contributed by atoms with Crippen molar-refractivity contribution in [2.24, 2.45) is 5.10 Å². The number of aromatic nitrogens is 2. The molecule has 0 radical (unpaired) electrons. The minimum Gasteiger partial charge on any atom is -0.296 e. The molecule has 0 bridgehead atoms. The smallest absolute Gasteiger partial charge is 0.261 e. The normalized spacial score (nSPS) is 15.7. The molecule has 1 aromatic carbocycles. The van der Waals surface area contributed by atoms with Crippen molar-refractivity contribution in [2.75, 3.05) is 13.1 Å². The monoisotopic (exact) mass is 341 g/mol. The van der Waals surface area contributed by atoms with Gasteiger partial charge < -0.3 is 0 Å². The lowest BCUT2D eigenvalue weighted by Crippen LogP contribution is -2.36. The highest BCUT2D eigenvalue weighted by atomic mass is 16.2. The molecular weight excluding hydrogens is 318 g/mol. The Balaban J connectivity index is 1.97. The van der Waals surface area contributed by atoms with Crippen LogP contribution in [0.1, 0.15) is 32.0 Å². The van der Waals surface area contributed by atoms with Gasteiger partial charge in [0.15, 0.2) is 0 Å². The predicted molar refractivity (Wildman–Crippen MR) is 97.4 cm³/mol. The van der Waals surface area contributed by atoms with Crippen LogP contribution in [0.5, 0.6) is 0 Å². The minimum absolute atomic E-state index is 0.0861. The number of nitrogens with zero attached hydrogens (tertiary/aromatic N) is 4. The molecule has 3 rings (SSSR count). The highest BCUT2D eigenvalue weighted by molar-refractivity contribution is 5.79. The number of carbonyl (C=O) groups is 1. The van der Waals surface area contributed by atoms with Crippen molar-refractivity contribution in [1.82, 2.24) is 19.9 Å². The van der Waals surface area contributed by atoms with E-state index in [-0.39, 0.29) is 18.0 Å².